The molecule has 19 heavy (non-hydrogen) atoms. The molecule has 1 aromatic rings. The Morgan fingerprint density at radius 2 is 1.84 bits per heavy atom. The van der Waals surface area contributed by atoms with Gasteiger partial charge in [-0.2, -0.15) is 0 Å². The van der Waals surface area contributed by atoms with Gasteiger partial charge < -0.3 is 4.90 Å². The van der Waals surface area contributed by atoms with Crippen molar-refractivity contribution in [1.82, 2.24) is 14.9 Å². The molecule has 1 saturated carbocycles. The van der Waals surface area contributed by atoms with Gasteiger partial charge in [-0.1, -0.05) is 19.8 Å². The molecule has 2 atom stereocenters. The quantitative estimate of drug-likeness (QED) is 0.811. The van der Waals surface area contributed by atoms with Crippen LogP contribution in [-0.2, 0) is 0 Å². The van der Waals surface area contributed by atoms with Crippen molar-refractivity contribution in [3.63, 3.8) is 0 Å². The Morgan fingerprint density at radius 3 is 2.53 bits per heavy atom. The second-order valence-electron chi connectivity index (χ2n) is 5.88. The molecule has 0 spiro atoms. The second-order valence-corrected chi connectivity index (χ2v) is 5.88. The highest BCUT2D eigenvalue weighted by Gasteiger charge is 2.37. The molecule has 0 bridgehead atoms. The minimum Gasteiger partial charge on any atom is -0.338 e. The summed E-state index contributed by atoms with van der Waals surface area (Å²) in [5.41, 5.74) is 0. The Bertz CT molecular complexity index is 386. The van der Waals surface area contributed by atoms with Crippen molar-refractivity contribution in [3.05, 3.63) is 18.5 Å². The molecule has 1 aromatic heterocycles. The van der Waals surface area contributed by atoms with Crippen LogP contribution >= 0.6 is 0 Å². The van der Waals surface area contributed by atoms with Crippen molar-refractivity contribution in [2.75, 3.05) is 37.6 Å². The smallest absolute Gasteiger partial charge is 0.225 e. The summed E-state index contributed by atoms with van der Waals surface area (Å²) in [6.07, 6.45) is 7.90. The summed E-state index contributed by atoms with van der Waals surface area (Å²) < 4.78 is 0. The van der Waals surface area contributed by atoms with Crippen molar-refractivity contribution in [2.24, 2.45) is 11.8 Å². The van der Waals surface area contributed by atoms with Crippen molar-refractivity contribution in [3.8, 4) is 0 Å². The monoisotopic (exact) mass is 260 g/mol. The standard InChI is InChI=1S/C15H24N4/c1-2-4-13-11-14(13)12-18-7-9-19(10-8-18)15-16-5-3-6-17-15/h3,5-6,13-14H,2,4,7-12H2,1H3/t13-,14-/m0/s1. The van der Waals surface area contributed by atoms with Crippen molar-refractivity contribution in [2.45, 2.75) is 26.2 Å². The van der Waals surface area contributed by atoms with Crippen LogP contribution in [0.25, 0.3) is 0 Å². The summed E-state index contributed by atoms with van der Waals surface area (Å²) in [4.78, 5) is 13.6. The predicted octanol–water partition coefficient (Wildman–Crippen LogP) is 2.03. The fourth-order valence-corrected chi connectivity index (χ4v) is 3.17. The van der Waals surface area contributed by atoms with E-state index in [1.54, 1.807) is 0 Å². The first-order valence-corrected chi connectivity index (χ1v) is 7.61. The Morgan fingerprint density at radius 1 is 1.11 bits per heavy atom. The third-order valence-corrected chi connectivity index (χ3v) is 4.43. The van der Waals surface area contributed by atoms with Crippen LogP contribution in [0.2, 0.25) is 0 Å². The number of rotatable bonds is 5. The van der Waals surface area contributed by atoms with E-state index in [4.69, 9.17) is 0 Å². The zero-order valence-electron chi connectivity index (χ0n) is 11.8. The fourth-order valence-electron chi connectivity index (χ4n) is 3.17. The average Bonchev–Trinajstić information content (AvgIpc) is 3.19. The lowest BCUT2D eigenvalue weighted by molar-refractivity contribution is 0.242. The maximum absolute atomic E-state index is 4.33. The van der Waals surface area contributed by atoms with Crippen LogP contribution in [0.4, 0.5) is 5.95 Å². The molecule has 4 heteroatoms. The Kier molecular flexibility index (Phi) is 3.97. The van der Waals surface area contributed by atoms with Crippen LogP contribution in [-0.4, -0.2) is 47.6 Å². The van der Waals surface area contributed by atoms with Crippen molar-refractivity contribution in [1.29, 1.82) is 0 Å². The van der Waals surface area contributed by atoms with Crippen LogP contribution < -0.4 is 4.90 Å². The van der Waals surface area contributed by atoms with Crippen LogP contribution in [0.1, 0.15) is 26.2 Å². The SMILES string of the molecule is CCC[C@H]1C[C@H]1CN1CCN(c2ncccn2)CC1. The van der Waals surface area contributed by atoms with Gasteiger partial charge in [-0.3, -0.25) is 4.90 Å². The molecule has 2 aliphatic rings. The van der Waals surface area contributed by atoms with E-state index in [9.17, 15) is 0 Å². The molecule has 1 aliphatic heterocycles. The Labute approximate surface area is 115 Å². The maximum atomic E-state index is 4.33. The van der Waals surface area contributed by atoms with Crippen LogP contribution in [0.5, 0.6) is 0 Å². The lowest BCUT2D eigenvalue weighted by atomic mass is 10.2. The number of aromatic nitrogens is 2. The highest BCUT2D eigenvalue weighted by molar-refractivity contribution is 5.29. The van der Waals surface area contributed by atoms with Crippen LogP contribution in [0, 0.1) is 11.8 Å². The van der Waals surface area contributed by atoms with Gasteiger partial charge in [-0.15, -0.1) is 0 Å². The normalized spacial score (nSPS) is 27.5. The van der Waals surface area contributed by atoms with E-state index in [2.05, 4.69) is 26.7 Å². The van der Waals surface area contributed by atoms with E-state index in [-0.39, 0.29) is 0 Å². The molecule has 1 saturated heterocycles. The van der Waals surface area contributed by atoms with Gasteiger partial charge in [0.25, 0.3) is 0 Å². The van der Waals surface area contributed by atoms with Crippen LogP contribution in [0.15, 0.2) is 18.5 Å². The third kappa shape index (κ3) is 3.24. The largest absolute Gasteiger partial charge is 0.338 e. The van der Waals surface area contributed by atoms with E-state index in [1.165, 1.54) is 25.8 Å². The van der Waals surface area contributed by atoms with E-state index in [1.807, 2.05) is 18.5 Å². The van der Waals surface area contributed by atoms with E-state index < -0.39 is 0 Å². The summed E-state index contributed by atoms with van der Waals surface area (Å²) in [6, 6.07) is 1.88. The summed E-state index contributed by atoms with van der Waals surface area (Å²) in [6.45, 7) is 8.06. The lowest BCUT2D eigenvalue weighted by Crippen LogP contribution is -2.47. The summed E-state index contributed by atoms with van der Waals surface area (Å²) >= 11 is 0. The van der Waals surface area contributed by atoms with Gasteiger partial charge in [0.15, 0.2) is 0 Å². The van der Waals surface area contributed by atoms with E-state index in [0.717, 1.165) is 44.0 Å². The van der Waals surface area contributed by atoms with Crippen molar-refractivity contribution < 1.29 is 0 Å². The number of anilines is 1. The molecule has 3 rings (SSSR count). The second kappa shape index (κ2) is 5.87. The molecule has 2 heterocycles. The minimum atomic E-state index is 0.887. The van der Waals surface area contributed by atoms with E-state index >= 15 is 0 Å². The highest BCUT2D eigenvalue weighted by atomic mass is 15.3. The van der Waals surface area contributed by atoms with Gasteiger partial charge >= 0.3 is 0 Å². The van der Waals surface area contributed by atoms with E-state index in [0.29, 0.717) is 0 Å². The van der Waals surface area contributed by atoms with Gasteiger partial charge in [0.05, 0.1) is 0 Å². The first kappa shape index (κ1) is 12.9. The van der Waals surface area contributed by atoms with Crippen LogP contribution in [0.3, 0.4) is 0 Å². The molecule has 1 aliphatic carbocycles. The summed E-state index contributed by atoms with van der Waals surface area (Å²) in [7, 11) is 0. The molecular weight excluding hydrogens is 236 g/mol. The molecule has 0 unspecified atom stereocenters. The number of nitrogens with zero attached hydrogens (tertiary/aromatic N) is 4. The maximum Gasteiger partial charge on any atom is 0.225 e. The van der Waals surface area contributed by atoms with Crippen molar-refractivity contribution >= 4 is 5.95 Å². The molecule has 0 amide bonds. The Hall–Kier alpha value is -1.16. The molecule has 0 N–H and O–H groups in total. The first-order chi connectivity index (χ1) is 9.36. The first-order valence-electron chi connectivity index (χ1n) is 7.61. The van der Waals surface area contributed by atoms with Gasteiger partial charge in [0, 0.05) is 45.1 Å². The molecule has 4 nitrogen and oxygen atoms in total. The Balaban J connectivity index is 1.43. The van der Waals surface area contributed by atoms with Gasteiger partial charge in [0.2, 0.25) is 5.95 Å². The lowest BCUT2D eigenvalue weighted by Gasteiger charge is -2.34. The predicted molar refractivity (Wildman–Crippen MR) is 77.2 cm³/mol. The van der Waals surface area contributed by atoms with Gasteiger partial charge in [0.1, 0.15) is 0 Å². The summed E-state index contributed by atoms with van der Waals surface area (Å²) in [5.74, 6) is 2.90. The zero-order chi connectivity index (χ0) is 13.1. The molecule has 0 radical (unpaired) electrons. The average molecular weight is 260 g/mol. The molecule has 104 valence electrons. The zero-order valence-corrected chi connectivity index (χ0v) is 11.8. The van der Waals surface area contributed by atoms with Gasteiger partial charge in [-0.05, 0) is 24.3 Å². The van der Waals surface area contributed by atoms with Gasteiger partial charge in [-0.25, -0.2) is 9.97 Å². The fraction of sp³-hybridized carbons (Fsp3) is 0.733. The molecular formula is C15H24N4. The summed E-state index contributed by atoms with van der Waals surface area (Å²) in [5, 5.41) is 0. The molecule has 2 fully saturated rings. The minimum absolute atomic E-state index is 0.887. The number of hydrogen-bond acceptors (Lipinski definition) is 4. The highest BCUT2D eigenvalue weighted by Crippen LogP contribution is 2.42. The topological polar surface area (TPSA) is 32.3 Å². The third-order valence-electron chi connectivity index (χ3n) is 4.43. The molecule has 0 aromatic carbocycles. The number of piperazine rings is 1. The number of hydrogen-bond donors (Lipinski definition) is 0.